The number of carbonyl (C=O) groups excluding carboxylic acids is 2. The van der Waals surface area contributed by atoms with Crippen LogP contribution in [0.5, 0.6) is 0 Å². The van der Waals surface area contributed by atoms with Crippen LogP contribution < -0.4 is 5.32 Å². The summed E-state index contributed by atoms with van der Waals surface area (Å²) in [4.78, 5) is 30.9. The molecule has 1 aromatic rings. The summed E-state index contributed by atoms with van der Waals surface area (Å²) in [6.07, 6.45) is -0.246. The average molecular weight is 331 g/mol. The lowest BCUT2D eigenvalue weighted by Gasteiger charge is -2.19. The smallest absolute Gasteiger partial charge is 0.267 e. The number of aryl methyl sites for hydroxylation is 1. The first-order valence-corrected chi connectivity index (χ1v) is 8.19. The first kappa shape index (κ1) is 18.0. The second-order valence-corrected chi connectivity index (χ2v) is 6.54. The molecule has 0 saturated carbocycles. The van der Waals surface area contributed by atoms with Crippen LogP contribution in [0.25, 0.3) is 0 Å². The van der Waals surface area contributed by atoms with E-state index in [1.54, 1.807) is 7.05 Å². The summed E-state index contributed by atoms with van der Waals surface area (Å²) in [7, 11) is 1.60. The molecule has 0 radical (unpaired) electrons. The molecule has 1 atom stereocenters. The fourth-order valence-corrected chi connectivity index (χ4v) is 2.48. The number of amides is 2. The zero-order chi connectivity index (χ0) is 17.7. The van der Waals surface area contributed by atoms with Gasteiger partial charge in [-0.05, 0) is 18.4 Å². The maximum Gasteiger partial charge on any atom is 0.267 e. The molecule has 1 aliphatic rings. The number of oxime groups is 1. The van der Waals surface area contributed by atoms with Crippen molar-refractivity contribution in [3.63, 3.8) is 0 Å². The monoisotopic (exact) mass is 331 g/mol. The summed E-state index contributed by atoms with van der Waals surface area (Å²) >= 11 is 0. The van der Waals surface area contributed by atoms with Gasteiger partial charge >= 0.3 is 0 Å². The predicted octanol–water partition coefficient (Wildman–Crippen LogP) is 1.72. The Morgan fingerprint density at radius 2 is 2.08 bits per heavy atom. The van der Waals surface area contributed by atoms with Gasteiger partial charge in [-0.15, -0.1) is 0 Å². The highest BCUT2D eigenvalue weighted by molar-refractivity contribution is 6.05. The van der Waals surface area contributed by atoms with Gasteiger partial charge in [-0.2, -0.15) is 0 Å². The quantitative estimate of drug-likeness (QED) is 0.863. The van der Waals surface area contributed by atoms with Crippen molar-refractivity contribution in [2.24, 2.45) is 11.1 Å². The number of hydrogen-bond acceptors (Lipinski definition) is 4. The average Bonchev–Trinajstić information content (AvgIpc) is 3.02. The van der Waals surface area contributed by atoms with Gasteiger partial charge in [-0.3, -0.25) is 9.59 Å². The van der Waals surface area contributed by atoms with Crippen LogP contribution in [0.1, 0.15) is 31.4 Å². The van der Waals surface area contributed by atoms with Gasteiger partial charge in [0.1, 0.15) is 0 Å². The van der Waals surface area contributed by atoms with Gasteiger partial charge in [0.15, 0.2) is 0 Å². The van der Waals surface area contributed by atoms with E-state index in [0.29, 0.717) is 18.9 Å². The van der Waals surface area contributed by atoms with Gasteiger partial charge in [0.05, 0.1) is 12.3 Å². The van der Waals surface area contributed by atoms with Gasteiger partial charge in [0.2, 0.25) is 12.0 Å². The van der Waals surface area contributed by atoms with E-state index in [0.717, 1.165) is 16.8 Å². The van der Waals surface area contributed by atoms with Gasteiger partial charge in [-0.1, -0.05) is 43.3 Å². The van der Waals surface area contributed by atoms with E-state index in [1.807, 2.05) is 45.0 Å². The van der Waals surface area contributed by atoms with Crippen LogP contribution in [-0.4, -0.2) is 48.7 Å². The Morgan fingerprint density at radius 3 is 2.75 bits per heavy atom. The second kappa shape index (κ2) is 7.95. The van der Waals surface area contributed by atoms with Crippen LogP contribution in [0.4, 0.5) is 0 Å². The maximum atomic E-state index is 12.4. The number of benzene rings is 1. The van der Waals surface area contributed by atoms with Crippen LogP contribution >= 0.6 is 0 Å². The molecule has 6 nitrogen and oxygen atoms in total. The fourth-order valence-electron chi connectivity index (χ4n) is 2.48. The molecular weight excluding hydrogens is 306 g/mol. The number of nitrogens with zero attached hydrogens (tertiary/aromatic N) is 2. The summed E-state index contributed by atoms with van der Waals surface area (Å²) in [5, 5.41) is 6.86. The van der Waals surface area contributed by atoms with E-state index in [1.165, 1.54) is 4.90 Å². The highest BCUT2D eigenvalue weighted by atomic mass is 16.6. The highest BCUT2D eigenvalue weighted by Gasteiger charge is 2.32. The van der Waals surface area contributed by atoms with E-state index < -0.39 is 6.10 Å². The van der Waals surface area contributed by atoms with E-state index in [-0.39, 0.29) is 18.4 Å². The molecule has 2 rings (SSSR count). The summed E-state index contributed by atoms with van der Waals surface area (Å²) < 4.78 is 0. The Labute approximate surface area is 142 Å². The lowest BCUT2D eigenvalue weighted by Crippen LogP contribution is -2.43. The van der Waals surface area contributed by atoms with Gasteiger partial charge in [0.25, 0.3) is 5.91 Å². The molecule has 6 heteroatoms. The zero-order valence-corrected chi connectivity index (χ0v) is 14.7. The van der Waals surface area contributed by atoms with Crippen molar-refractivity contribution in [1.82, 2.24) is 10.2 Å². The van der Waals surface area contributed by atoms with Crippen molar-refractivity contribution in [2.45, 2.75) is 33.3 Å². The molecule has 1 unspecified atom stereocenters. The fraction of sp³-hybridized carbons (Fsp3) is 0.500. The van der Waals surface area contributed by atoms with Gasteiger partial charge < -0.3 is 15.1 Å². The molecule has 0 fully saturated rings. The van der Waals surface area contributed by atoms with Gasteiger partial charge in [-0.25, -0.2) is 0 Å². The second-order valence-electron chi connectivity index (χ2n) is 6.54. The van der Waals surface area contributed by atoms with Crippen molar-refractivity contribution in [3.8, 4) is 0 Å². The van der Waals surface area contributed by atoms with Crippen LogP contribution in [0.2, 0.25) is 0 Å². The molecule has 0 saturated heterocycles. The summed E-state index contributed by atoms with van der Waals surface area (Å²) in [5.41, 5.74) is 2.85. The third kappa shape index (κ3) is 4.57. The molecule has 1 aliphatic heterocycles. The van der Waals surface area contributed by atoms with Crippen LogP contribution in [0.15, 0.2) is 29.4 Å². The molecule has 0 bridgehead atoms. The minimum Gasteiger partial charge on any atom is -0.382 e. The van der Waals surface area contributed by atoms with Crippen molar-refractivity contribution < 1.29 is 14.4 Å². The number of rotatable bonds is 6. The Kier molecular flexibility index (Phi) is 5.95. The SMILES string of the molecule is Cc1ccccc1C1=NOC(C(=O)N(C)CC(=O)NCC(C)C)C1. The highest BCUT2D eigenvalue weighted by Crippen LogP contribution is 2.20. The van der Waals surface area contributed by atoms with Crippen molar-refractivity contribution in [1.29, 1.82) is 0 Å². The minimum absolute atomic E-state index is 0.0190. The minimum atomic E-state index is -0.664. The van der Waals surface area contributed by atoms with E-state index >= 15 is 0 Å². The van der Waals surface area contributed by atoms with Crippen LogP contribution in [0.3, 0.4) is 0 Å². The van der Waals surface area contributed by atoms with Crippen LogP contribution in [0, 0.1) is 12.8 Å². The molecule has 24 heavy (non-hydrogen) atoms. The Morgan fingerprint density at radius 1 is 1.38 bits per heavy atom. The summed E-state index contributed by atoms with van der Waals surface area (Å²) in [5.74, 6) is -0.0298. The van der Waals surface area contributed by atoms with Crippen molar-refractivity contribution in [2.75, 3.05) is 20.1 Å². The summed E-state index contributed by atoms with van der Waals surface area (Å²) in [6, 6.07) is 7.86. The summed E-state index contributed by atoms with van der Waals surface area (Å²) in [6.45, 7) is 6.66. The Bertz CT molecular complexity index is 640. The van der Waals surface area contributed by atoms with Crippen molar-refractivity contribution in [3.05, 3.63) is 35.4 Å². The molecule has 0 aliphatic carbocycles. The Hall–Kier alpha value is -2.37. The van der Waals surface area contributed by atoms with Crippen LogP contribution in [-0.2, 0) is 14.4 Å². The molecule has 1 N–H and O–H groups in total. The first-order valence-electron chi connectivity index (χ1n) is 8.19. The molecule has 0 aromatic heterocycles. The number of nitrogens with one attached hydrogen (secondary N) is 1. The van der Waals surface area contributed by atoms with Crippen molar-refractivity contribution >= 4 is 17.5 Å². The third-order valence-electron chi connectivity index (χ3n) is 3.86. The predicted molar refractivity (Wildman–Crippen MR) is 92.7 cm³/mol. The van der Waals surface area contributed by atoms with Gasteiger partial charge in [0, 0.05) is 25.6 Å². The molecule has 130 valence electrons. The van der Waals surface area contributed by atoms with E-state index in [9.17, 15) is 9.59 Å². The number of likely N-dealkylation sites (N-methyl/N-ethyl adjacent to an activating group) is 1. The molecular formula is C18H25N3O3. The van der Waals surface area contributed by atoms with E-state index in [4.69, 9.17) is 4.84 Å². The molecule has 0 spiro atoms. The first-order chi connectivity index (χ1) is 11.4. The largest absolute Gasteiger partial charge is 0.382 e. The third-order valence-corrected chi connectivity index (χ3v) is 3.86. The maximum absolute atomic E-state index is 12.4. The Balaban J connectivity index is 1.88. The standard InChI is InChI=1S/C18H25N3O3/c1-12(2)10-19-17(22)11-21(4)18(23)16-9-15(20-24-16)14-8-6-5-7-13(14)3/h5-8,12,16H,9-11H2,1-4H3,(H,19,22). The topological polar surface area (TPSA) is 71.0 Å². The lowest BCUT2D eigenvalue weighted by molar-refractivity contribution is -0.143. The number of hydrogen-bond donors (Lipinski definition) is 1. The molecule has 1 aromatic carbocycles. The number of carbonyl (C=O) groups is 2. The van der Waals surface area contributed by atoms with E-state index in [2.05, 4.69) is 10.5 Å². The normalized spacial score (nSPS) is 16.5. The molecule has 1 heterocycles. The molecule has 2 amide bonds. The zero-order valence-electron chi connectivity index (χ0n) is 14.7. The lowest BCUT2D eigenvalue weighted by atomic mass is 10.00.